The van der Waals surface area contributed by atoms with Crippen LogP contribution >= 0.6 is 0 Å². The van der Waals surface area contributed by atoms with Gasteiger partial charge in [0.25, 0.3) is 0 Å². The van der Waals surface area contributed by atoms with Crippen molar-refractivity contribution < 1.29 is 23.1 Å². The first-order chi connectivity index (χ1) is 8.26. The Morgan fingerprint density at radius 2 is 2.06 bits per heavy atom. The number of nitrogens with zero attached hydrogens (tertiary/aromatic N) is 1. The predicted molar refractivity (Wildman–Crippen MR) is 60.1 cm³/mol. The van der Waals surface area contributed by atoms with Crippen LogP contribution in [-0.4, -0.2) is 35.2 Å². The summed E-state index contributed by atoms with van der Waals surface area (Å²) in [4.78, 5) is 11.4. The summed E-state index contributed by atoms with van der Waals surface area (Å²) in [5.41, 5.74) is 1.59. The maximum atomic E-state index is 12.3. The molecule has 1 aromatic rings. The lowest BCUT2D eigenvalue weighted by Gasteiger charge is -2.21. The highest BCUT2D eigenvalue weighted by atomic mass is 19.4. The minimum absolute atomic E-state index is 0.0342. The smallest absolute Gasteiger partial charge is 0.401 e. The summed E-state index contributed by atoms with van der Waals surface area (Å²) in [5.74, 6) is -1.27. The average molecular weight is 261 g/mol. The molecule has 0 aliphatic heterocycles. The number of aliphatic carboxylic acids is 1. The highest BCUT2D eigenvalue weighted by molar-refractivity contribution is 5.69. The van der Waals surface area contributed by atoms with Crippen LogP contribution in [0.5, 0.6) is 0 Å². The number of aryl methyl sites for hydroxylation is 1. The molecule has 0 saturated heterocycles. The van der Waals surface area contributed by atoms with Crippen molar-refractivity contribution in [3.8, 4) is 0 Å². The molecule has 0 aromatic heterocycles. The van der Waals surface area contributed by atoms with Crippen LogP contribution in [0.4, 0.5) is 13.2 Å². The molecule has 0 unspecified atom stereocenters. The van der Waals surface area contributed by atoms with Gasteiger partial charge in [-0.25, -0.2) is 0 Å². The van der Waals surface area contributed by atoms with Crippen molar-refractivity contribution in [1.82, 2.24) is 4.90 Å². The number of hydrogen-bond donors (Lipinski definition) is 1. The third kappa shape index (κ3) is 5.67. The molecule has 0 fully saturated rings. The highest BCUT2D eigenvalue weighted by Gasteiger charge is 2.31. The number of carboxylic acid groups (broad SMARTS) is 1. The van der Waals surface area contributed by atoms with E-state index in [1.807, 2.05) is 13.0 Å². The first kappa shape index (κ1) is 14.5. The molecule has 0 radical (unpaired) electrons. The zero-order chi connectivity index (χ0) is 13.8. The van der Waals surface area contributed by atoms with E-state index in [1.165, 1.54) is 0 Å². The third-order valence-corrected chi connectivity index (χ3v) is 2.25. The summed E-state index contributed by atoms with van der Waals surface area (Å²) in [6, 6.07) is 6.98. The van der Waals surface area contributed by atoms with Crippen molar-refractivity contribution in [3.05, 3.63) is 35.4 Å². The Hall–Kier alpha value is -1.56. The van der Waals surface area contributed by atoms with Crippen LogP contribution in [0.15, 0.2) is 24.3 Å². The molecule has 0 aliphatic rings. The summed E-state index contributed by atoms with van der Waals surface area (Å²) >= 11 is 0. The lowest BCUT2D eigenvalue weighted by molar-refractivity contribution is -0.154. The van der Waals surface area contributed by atoms with Gasteiger partial charge in [0.1, 0.15) is 0 Å². The lowest BCUT2D eigenvalue weighted by Crippen LogP contribution is -2.37. The van der Waals surface area contributed by atoms with Gasteiger partial charge in [0.15, 0.2) is 0 Å². The molecule has 18 heavy (non-hydrogen) atoms. The number of halogens is 3. The van der Waals surface area contributed by atoms with Crippen molar-refractivity contribution in [2.75, 3.05) is 13.1 Å². The molecule has 1 rings (SSSR count). The molecule has 0 atom stereocenters. The van der Waals surface area contributed by atoms with Crippen LogP contribution in [0.2, 0.25) is 0 Å². The van der Waals surface area contributed by atoms with Gasteiger partial charge in [-0.1, -0.05) is 29.8 Å². The molecule has 6 heteroatoms. The van der Waals surface area contributed by atoms with Gasteiger partial charge in [0, 0.05) is 6.54 Å². The molecule has 0 heterocycles. The Kier molecular flexibility index (Phi) is 4.72. The number of hydrogen-bond acceptors (Lipinski definition) is 2. The Morgan fingerprint density at radius 1 is 1.39 bits per heavy atom. The molecule has 3 nitrogen and oxygen atoms in total. The van der Waals surface area contributed by atoms with Gasteiger partial charge in [0.05, 0.1) is 13.1 Å². The summed E-state index contributed by atoms with van der Waals surface area (Å²) in [6.45, 7) is -0.0665. The number of benzene rings is 1. The van der Waals surface area contributed by atoms with Gasteiger partial charge in [-0.2, -0.15) is 13.2 Å². The van der Waals surface area contributed by atoms with E-state index >= 15 is 0 Å². The largest absolute Gasteiger partial charge is 0.480 e. The van der Waals surface area contributed by atoms with Crippen LogP contribution in [0.1, 0.15) is 11.1 Å². The van der Waals surface area contributed by atoms with E-state index < -0.39 is 25.2 Å². The van der Waals surface area contributed by atoms with Gasteiger partial charge >= 0.3 is 12.1 Å². The van der Waals surface area contributed by atoms with E-state index in [4.69, 9.17) is 5.11 Å². The summed E-state index contributed by atoms with van der Waals surface area (Å²) in [7, 11) is 0. The van der Waals surface area contributed by atoms with Gasteiger partial charge in [-0.05, 0) is 12.5 Å². The van der Waals surface area contributed by atoms with E-state index in [2.05, 4.69) is 0 Å². The topological polar surface area (TPSA) is 40.5 Å². The van der Waals surface area contributed by atoms with Crippen molar-refractivity contribution in [2.45, 2.75) is 19.6 Å². The molecular weight excluding hydrogens is 247 g/mol. The molecular formula is C12H14F3NO2. The molecule has 0 bridgehead atoms. The van der Waals surface area contributed by atoms with E-state index in [9.17, 15) is 18.0 Å². The van der Waals surface area contributed by atoms with Crippen LogP contribution in [0.25, 0.3) is 0 Å². The molecule has 0 saturated carbocycles. The molecule has 1 aromatic carbocycles. The number of carboxylic acids is 1. The van der Waals surface area contributed by atoms with Crippen LogP contribution < -0.4 is 0 Å². The van der Waals surface area contributed by atoms with E-state index in [0.717, 1.165) is 10.5 Å². The molecule has 0 amide bonds. The molecule has 1 N–H and O–H groups in total. The monoisotopic (exact) mass is 261 g/mol. The molecule has 0 spiro atoms. The predicted octanol–water partition coefficient (Wildman–Crippen LogP) is 2.44. The number of rotatable bonds is 5. The van der Waals surface area contributed by atoms with Crippen LogP contribution in [0.3, 0.4) is 0 Å². The lowest BCUT2D eigenvalue weighted by atomic mass is 10.1. The molecule has 0 aliphatic carbocycles. The summed E-state index contributed by atoms with van der Waals surface area (Å²) < 4.78 is 36.9. The second-order valence-electron chi connectivity index (χ2n) is 4.14. The fourth-order valence-corrected chi connectivity index (χ4v) is 1.68. The normalized spacial score (nSPS) is 11.8. The Morgan fingerprint density at radius 3 is 2.56 bits per heavy atom. The average Bonchev–Trinajstić information content (AvgIpc) is 2.12. The van der Waals surface area contributed by atoms with Gasteiger partial charge in [-0.15, -0.1) is 0 Å². The Bertz CT molecular complexity index is 418. The first-order valence-electron chi connectivity index (χ1n) is 5.33. The Balaban J connectivity index is 2.74. The minimum Gasteiger partial charge on any atom is -0.480 e. The maximum Gasteiger partial charge on any atom is 0.401 e. The quantitative estimate of drug-likeness (QED) is 0.885. The van der Waals surface area contributed by atoms with Crippen molar-refractivity contribution >= 4 is 5.97 Å². The SMILES string of the molecule is Cc1cccc(CN(CC(=O)O)CC(F)(F)F)c1. The van der Waals surface area contributed by atoms with E-state index in [0.29, 0.717) is 5.56 Å². The second-order valence-corrected chi connectivity index (χ2v) is 4.14. The van der Waals surface area contributed by atoms with Crippen molar-refractivity contribution in [2.24, 2.45) is 0 Å². The summed E-state index contributed by atoms with van der Waals surface area (Å²) in [5, 5.41) is 8.60. The zero-order valence-corrected chi connectivity index (χ0v) is 9.87. The first-order valence-corrected chi connectivity index (χ1v) is 5.33. The minimum atomic E-state index is -4.40. The third-order valence-electron chi connectivity index (χ3n) is 2.25. The highest BCUT2D eigenvalue weighted by Crippen LogP contribution is 2.18. The second kappa shape index (κ2) is 5.86. The number of alkyl halides is 3. The van der Waals surface area contributed by atoms with Gasteiger partial charge in [-0.3, -0.25) is 9.69 Å². The zero-order valence-electron chi connectivity index (χ0n) is 9.87. The van der Waals surface area contributed by atoms with Crippen molar-refractivity contribution in [3.63, 3.8) is 0 Å². The van der Waals surface area contributed by atoms with Gasteiger partial charge < -0.3 is 5.11 Å². The fourth-order valence-electron chi connectivity index (χ4n) is 1.68. The maximum absolute atomic E-state index is 12.3. The van der Waals surface area contributed by atoms with E-state index in [-0.39, 0.29) is 6.54 Å². The fraction of sp³-hybridized carbons (Fsp3) is 0.417. The van der Waals surface area contributed by atoms with Crippen molar-refractivity contribution in [1.29, 1.82) is 0 Å². The Labute approximate surface area is 103 Å². The number of carbonyl (C=O) groups is 1. The van der Waals surface area contributed by atoms with Gasteiger partial charge in [0.2, 0.25) is 0 Å². The summed E-state index contributed by atoms with van der Waals surface area (Å²) in [6.07, 6.45) is -4.40. The van der Waals surface area contributed by atoms with Crippen LogP contribution in [-0.2, 0) is 11.3 Å². The standard InChI is InChI=1S/C12H14F3NO2/c1-9-3-2-4-10(5-9)6-16(7-11(17)18)8-12(13,14)15/h2-5H,6-8H2,1H3,(H,17,18). The van der Waals surface area contributed by atoms with Crippen LogP contribution in [0, 0.1) is 6.92 Å². The molecule has 100 valence electrons. The van der Waals surface area contributed by atoms with E-state index in [1.54, 1.807) is 18.2 Å².